The molecule has 1 fully saturated rings. The highest BCUT2D eigenvalue weighted by atomic mass is 32.2. The van der Waals surface area contributed by atoms with E-state index in [9.17, 15) is 8.78 Å². The van der Waals surface area contributed by atoms with E-state index in [1.165, 1.54) is 18.2 Å². The maximum absolute atomic E-state index is 13.9. The van der Waals surface area contributed by atoms with Crippen LogP contribution in [0.15, 0.2) is 53.7 Å². The monoisotopic (exact) mass is 470 g/mol. The van der Waals surface area contributed by atoms with Gasteiger partial charge < -0.3 is 9.64 Å². The Balaban J connectivity index is 1.53. The fourth-order valence-corrected chi connectivity index (χ4v) is 5.09. The summed E-state index contributed by atoms with van der Waals surface area (Å²) < 4.78 is 36.3. The van der Waals surface area contributed by atoms with E-state index >= 15 is 0 Å². The lowest BCUT2D eigenvalue weighted by atomic mass is 10.1. The maximum atomic E-state index is 13.9. The molecule has 0 N–H and O–H groups in total. The summed E-state index contributed by atoms with van der Waals surface area (Å²) in [5.41, 5.74) is 1.78. The second-order valence-electron chi connectivity index (χ2n) is 7.79. The molecule has 1 aliphatic heterocycles. The van der Waals surface area contributed by atoms with Gasteiger partial charge in [-0.3, -0.25) is 9.13 Å². The number of benzene rings is 2. The van der Waals surface area contributed by atoms with E-state index in [-0.39, 0.29) is 5.75 Å². The largest absolute Gasteiger partial charge is 0.495 e. The van der Waals surface area contributed by atoms with Crippen molar-refractivity contribution in [2.24, 2.45) is 0 Å². The lowest BCUT2D eigenvalue weighted by Gasteiger charge is -2.28. The number of alkyl halides is 2. The molecule has 5 rings (SSSR count). The number of fused-ring (bicyclic) bond motifs is 1. The molecule has 3 heterocycles. The molecule has 0 bridgehead atoms. The third-order valence-electron chi connectivity index (χ3n) is 5.78. The van der Waals surface area contributed by atoms with Crippen LogP contribution in [0.3, 0.4) is 0 Å². The zero-order valence-corrected chi connectivity index (χ0v) is 19.0. The van der Waals surface area contributed by atoms with Crippen molar-refractivity contribution < 1.29 is 13.5 Å². The highest BCUT2D eigenvalue weighted by molar-refractivity contribution is 7.98. The molecule has 0 radical (unpaired) electrons. The number of nitrogens with zero attached hydrogens (tertiary/aromatic N) is 6. The third kappa shape index (κ3) is 4.15. The molecular formula is C23H24F2N6OS. The standard InChI is InChI=1S/C23H24F2N6OS/c1-32-19-12-6-5-11-18(19)31-22(29-13-7-2-8-14-29)27-28-23(31)33-15-20-26-16-9-3-4-10-17(16)30(20)21(24)25/h3-6,9-12,21H,2,7-8,13-15H2,1H3. The topological polar surface area (TPSA) is 61.0 Å². The summed E-state index contributed by atoms with van der Waals surface area (Å²) in [5, 5.41) is 9.54. The second kappa shape index (κ2) is 9.38. The quantitative estimate of drug-likeness (QED) is 0.342. The Morgan fingerprint density at radius 2 is 1.76 bits per heavy atom. The smallest absolute Gasteiger partial charge is 0.320 e. The first-order valence-corrected chi connectivity index (χ1v) is 11.9. The molecule has 2 aromatic heterocycles. The molecule has 1 saturated heterocycles. The van der Waals surface area contributed by atoms with Gasteiger partial charge in [0, 0.05) is 13.1 Å². The van der Waals surface area contributed by atoms with Crippen molar-refractivity contribution in [3.8, 4) is 11.4 Å². The number of methoxy groups -OCH3 is 1. The Bertz CT molecular complexity index is 1250. The summed E-state index contributed by atoms with van der Waals surface area (Å²) in [5.74, 6) is 1.96. The van der Waals surface area contributed by atoms with Gasteiger partial charge in [-0.15, -0.1) is 10.2 Å². The van der Waals surface area contributed by atoms with E-state index in [0.717, 1.165) is 42.1 Å². The number of piperidine rings is 1. The highest BCUT2D eigenvalue weighted by Gasteiger charge is 2.24. The minimum absolute atomic E-state index is 0.228. The van der Waals surface area contributed by atoms with Crippen molar-refractivity contribution in [2.75, 3.05) is 25.1 Å². The van der Waals surface area contributed by atoms with Gasteiger partial charge in [-0.05, 0) is 43.5 Å². The van der Waals surface area contributed by atoms with Crippen LogP contribution < -0.4 is 9.64 Å². The van der Waals surface area contributed by atoms with Crippen molar-refractivity contribution in [3.05, 3.63) is 54.4 Å². The van der Waals surface area contributed by atoms with Crippen LogP contribution in [0.1, 0.15) is 31.6 Å². The van der Waals surface area contributed by atoms with Crippen LogP contribution in [-0.2, 0) is 5.75 Å². The Labute approximate surface area is 194 Å². The molecule has 0 atom stereocenters. The minimum atomic E-state index is -2.68. The fourth-order valence-electron chi connectivity index (χ4n) is 4.22. The van der Waals surface area contributed by atoms with Crippen LogP contribution in [0, 0.1) is 0 Å². The number of halogens is 2. The second-order valence-corrected chi connectivity index (χ2v) is 8.73. The summed E-state index contributed by atoms with van der Waals surface area (Å²) >= 11 is 1.34. The number of imidazole rings is 1. The molecule has 0 aliphatic carbocycles. The van der Waals surface area contributed by atoms with Crippen LogP contribution in [-0.4, -0.2) is 44.5 Å². The van der Waals surface area contributed by atoms with E-state index in [0.29, 0.717) is 27.8 Å². The molecule has 2 aromatic carbocycles. The van der Waals surface area contributed by atoms with Crippen molar-refractivity contribution in [1.29, 1.82) is 0 Å². The number of hydrogen-bond acceptors (Lipinski definition) is 6. The van der Waals surface area contributed by atoms with Crippen molar-refractivity contribution in [1.82, 2.24) is 24.3 Å². The SMILES string of the molecule is COc1ccccc1-n1c(SCc2nc3ccccc3n2C(F)F)nnc1N1CCCCC1. The Hall–Kier alpha value is -3.14. The summed E-state index contributed by atoms with van der Waals surface area (Å²) in [6.07, 6.45) is 3.39. The molecule has 0 spiro atoms. The maximum Gasteiger partial charge on any atom is 0.320 e. The number of para-hydroxylation sites is 4. The van der Waals surface area contributed by atoms with Gasteiger partial charge >= 0.3 is 6.55 Å². The molecule has 172 valence electrons. The summed E-state index contributed by atoms with van der Waals surface area (Å²) in [6, 6.07) is 14.6. The van der Waals surface area contributed by atoms with Gasteiger partial charge in [0.25, 0.3) is 0 Å². The lowest BCUT2D eigenvalue weighted by molar-refractivity contribution is 0.0722. The molecule has 4 aromatic rings. The average molecular weight is 471 g/mol. The number of rotatable bonds is 7. The fraction of sp³-hybridized carbons (Fsp3) is 0.348. The van der Waals surface area contributed by atoms with Gasteiger partial charge in [-0.1, -0.05) is 36.0 Å². The zero-order chi connectivity index (χ0) is 22.8. The Morgan fingerprint density at radius 1 is 1.00 bits per heavy atom. The molecule has 0 unspecified atom stereocenters. The van der Waals surface area contributed by atoms with E-state index < -0.39 is 6.55 Å². The summed E-state index contributed by atoms with van der Waals surface area (Å²) in [4.78, 5) is 6.67. The van der Waals surface area contributed by atoms with Gasteiger partial charge in [0.2, 0.25) is 5.95 Å². The molecule has 7 nitrogen and oxygen atoms in total. The average Bonchev–Trinajstić information content (AvgIpc) is 3.44. The van der Waals surface area contributed by atoms with Gasteiger partial charge in [-0.25, -0.2) is 4.98 Å². The first kappa shape index (κ1) is 21.7. The lowest BCUT2D eigenvalue weighted by Crippen LogP contribution is -2.31. The first-order valence-electron chi connectivity index (χ1n) is 10.9. The first-order chi connectivity index (χ1) is 16.2. The Kier molecular flexibility index (Phi) is 6.17. The van der Waals surface area contributed by atoms with E-state index in [2.05, 4.69) is 20.1 Å². The van der Waals surface area contributed by atoms with Crippen molar-refractivity contribution >= 4 is 28.7 Å². The van der Waals surface area contributed by atoms with Crippen LogP contribution in [0.2, 0.25) is 0 Å². The zero-order valence-electron chi connectivity index (χ0n) is 18.2. The van der Waals surface area contributed by atoms with Crippen molar-refractivity contribution in [3.63, 3.8) is 0 Å². The van der Waals surface area contributed by atoms with E-state index in [1.807, 2.05) is 28.8 Å². The van der Waals surface area contributed by atoms with Crippen LogP contribution >= 0.6 is 11.8 Å². The summed E-state index contributed by atoms with van der Waals surface area (Å²) in [7, 11) is 1.63. The van der Waals surface area contributed by atoms with Gasteiger partial charge in [0.15, 0.2) is 5.16 Å². The third-order valence-corrected chi connectivity index (χ3v) is 6.70. The molecule has 0 saturated carbocycles. The molecule has 10 heteroatoms. The minimum Gasteiger partial charge on any atom is -0.495 e. The number of ether oxygens (including phenoxy) is 1. The van der Waals surface area contributed by atoms with Gasteiger partial charge in [0.1, 0.15) is 11.6 Å². The highest BCUT2D eigenvalue weighted by Crippen LogP contribution is 2.35. The number of hydrogen-bond donors (Lipinski definition) is 0. The van der Waals surface area contributed by atoms with Gasteiger partial charge in [-0.2, -0.15) is 8.78 Å². The van der Waals surface area contributed by atoms with Gasteiger partial charge in [0.05, 0.1) is 29.6 Å². The number of aromatic nitrogens is 5. The van der Waals surface area contributed by atoms with E-state index in [1.54, 1.807) is 31.4 Å². The Morgan fingerprint density at radius 3 is 2.55 bits per heavy atom. The van der Waals surface area contributed by atoms with Crippen LogP contribution in [0.4, 0.5) is 14.7 Å². The molecule has 1 aliphatic rings. The molecule has 0 amide bonds. The normalized spacial score (nSPS) is 14.4. The van der Waals surface area contributed by atoms with Crippen molar-refractivity contribution in [2.45, 2.75) is 36.7 Å². The number of anilines is 1. The number of thioether (sulfide) groups is 1. The van der Waals surface area contributed by atoms with E-state index in [4.69, 9.17) is 4.74 Å². The van der Waals surface area contributed by atoms with Crippen LogP contribution in [0.5, 0.6) is 5.75 Å². The van der Waals surface area contributed by atoms with Crippen LogP contribution in [0.25, 0.3) is 16.7 Å². The predicted octanol–water partition coefficient (Wildman–Crippen LogP) is 5.30. The summed E-state index contributed by atoms with van der Waals surface area (Å²) in [6.45, 7) is -0.873. The molecular weight excluding hydrogens is 446 g/mol. The predicted molar refractivity (Wildman–Crippen MR) is 125 cm³/mol. The molecule has 33 heavy (non-hydrogen) atoms.